The van der Waals surface area contributed by atoms with Crippen LogP contribution in [0.4, 0.5) is 0 Å². The number of hydrogen-bond donors (Lipinski definition) is 2. The number of benzene rings is 2. The summed E-state index contributed by atoms with van der Waals surface area (Å²) in [6.45, 7) is 6.99. The summed E-state index contributed by atoms with van der Waals surface area (Å²) in [6, 6.07) is 16.2. The molecule has 35 heavy (non-hydrogen) atoms. The zero-order chi connectivity index (χ0) is 25.4. The normalized spacial score (nSPS) is 18.6. The topological polar surface area (TPSA) is 89.6 Å². The van der Waals surface area contributed by atoms with Crippen LogP contribution in [0.15, 0.2) is 48.5 Å². The molecule has 0 fully saturated rings. The molecule has 0 saturated heterocycles. The molecule has 1 aliphatic carbocycles. The zero-order valence-electron chi connectivity index (χ0n) is 21.4. The number of rotatable bonds is 13. The van der Waals surface area contributed by atoms with Crippen LogP contribution in [-0.4, -0.2) is 60.4 Å². The van der Waals surface area contributed by atoms with E-state index in [4.69, 9.17) is 10.5 Å². The first-order valence-corrected chi connectivity index (χ1v) is 12.9. The minimum absolute atomic E-state index is 0.0446. The molecule has 6 heteroatoms. The van der Waals surface area contributed by atoms with Crippen molar-refractivity contribution in [3.63, 3.8) is 0 Å². The summed E-state index contributed by atoms with van der Waals surface area (Å²) in [6.07, 6.45) is 4.72. The van der Waals surface area contributed by atoms with E-state index in [1.54, 1.807) is 13.2 Å². The largest absolute Gasteiger partial charge is 0.481 e. The zero-order valence-corrected chi connectivity index (χ0v) is 21.4. The molecule has 0 aliphatic heterocycles. The van der Waals surface area contributed by atoms with Crippen molar-refractivity contribution in [1.29, 1.82) is 0 Å². The number of carboxylic acid groups (broad SMARTS) is 1. The third-order valence-electron chi connectivity index (χ3n) is 8.17. The fourth-order valence-electron chi connectivity index (χ4n) is 5.84. The number of amides is 1. The lowest BCUT2D eigenvalue weighted by atomic mass is 9.82. The molecular weight excluding hydrogens is 440 g/mol. The number of fused-ring (bicyclic) bond motifs is 1. The van der Waals surface area contributed by atoms with Crippen molar-refractivity contribution < 1.29 is 23.9 Å². The second-order valence-electron chi connectivity index (χ2n) is 9.87. The van der Waals surface area contributed by atoms with E-state index in [9.17, 15) is 14.7 Å². The van der Waals surface area contributed by atoms with Gasteiger partial charge in [0, 0.05) is 31.9 Å². The van der Waals surface area contributed by atoms with Crippen LogP contribution in [0.3, 0.4) is 0 Å². The van der Waals surface area contributed by atoms with Crippen molar-refractivity contribution >= 4 is 11.9 Å². The first-order valence-electron chi connectivity index (χ1n) is 12.9. The number of carboxylic acids is 1. The van der Waals surface area contributed by atoms with E-state index in [0.29, 0.717) is 18.4 Å². The van der Waals surface area contributed by atoms with Gasteiger partial charge in [-0.3, -0.25) is 9.59 Å². The number of hydrogen-bond acceptors (Lipinski definition) is 3. The number of nitrogens with zero attached hydrogens (tertiary/aromatic N) is 1. The monoisotopic (exact) mass is 481 g/mol. The highest BCUT2D eigenvalue weighted by Gasteiger charge is 2.43. The first-order chi connectivity index (χ1) is 16.8. The van der Waals surface area contributed by atoms with Gasteiger partial charge in [-0.05, 0) is 61.9 Å². The molecule has 1 aliphatic rings. The number of carbonyl (C=O) groups excluding carboxylic acids is 1. The van der Waals surface area contributed by atoms with E-state index in [1.807, 2.05) is 30.3 Å². The minimum Gasteiger partial charge on any atom is -0.481 e. The molecule has 6 nitrogen and oxygen atoms in total. The standard InChI is InChI=1S/C29H40N2O4/c1-4-31(5-2,17-16-22(29(33)34)13-9-12-21-10-7-6-8-11-21)26-19-25-18-24(28(30)32)15-14-23(25)20-27(26)35-3/h6-8,10-11,14-15,18,22,26-27H,4-5,9,12-13,16-17,19-20H2,1-3H3,(H2-,30,32,33,34)/p+1/t22-,26-,27-/m0/s1. The Labute approximate surface area is 209 Å². The molecule has 0 heterocycles. The van der Waals surface area contributed by atoms with Gasteiger partial charge in [0.1, 0.15) is 12.1 Å². The summed E-state index contributed by atoms with van der Waals surface area (Å²) in [4.78, 5) is 23.9. The van der Waals surface area contributed by atoms with Crippen molar-refractivity contribution in [3.05, 3.63) is 70.8 Å². The fourth-order valence-corrected chi connectivity index (χ4v) is 5.84. The maximum atomic E-state index is 12.1. The first kappa shape index (κ1) is 26.9. The van der Waals surface area contributed by atoms with Gasteiger partial charge >= 0.3 is 5.97 Å². The molecule has 1 amide bonds. The maximum absolute atomic E-state index is 12.1. The van der Waals surface area contributed by atoms with E-state index in [1.165, 1.54) is 11.1 Å². The van der Waals surface area contributed by atoms with Crippen LogP contribution in [0, 0.1) is 5.92 Å². The van der Waals surface area contributed by atoms with Crippen molar-refractivity contribution in [1.82, 2.24) is 0 Å². The van der Waals surface area contributed by atoms with Crippen LogP contribution >= 0.6 is 0 Å². The Balaban J connectivity index is 1.74. The summed E-state index contributed by atoms with van der Waals surface area (Å²) in [5.41, 5.74) is 9.68. The van der Waals surface area contributed by atoms with Crippen LogP contribution in [0.2, 0.25) is 0 Å². The number of nitrogens with two attached hydrogens (primary N) is 1. The van der Waals surface area contributed by atoms with Crippen LogP contribution in [-0.2, 0) is 28.8 Å². The molecule has 3 rings (SSSR count). The highest BCUT2D eigenvalue weighted by atomic mass is 16.5. The number of carbonyl (C=O) groups is 2. The van der Waals surface area contributed by atoms with E-state index < -0.39 is 11.9 Å². The van der Waals surface area contributed by atoms with Crippen LogP contribution in [0.5, 0.6) is 0 Å². The fraction of sp³-hybridized carbons (Fsp3) is 0.517. The highest BCUT2D eigenvalue weighted by molar-refractivity contribution is 5.93. The van der Waals surface area contributed by atoms with Crippen LogP contribution in [0.25, 0.3) is 0 Å². The van der Waals surface area contributed by atoms with Crippen LogP contribution in [0.1, 0.15) is 60.2 Å². The predicted octanol–water partition coefficient (Wildman–Crippen LogP) is 4.24. The number of aryl methyl sites for hydroxylation is 1. The molecule has 190 valence electrons. The van der Waals surface area contributed by atoms with Crippen molar-refractivity contribution in [2.45, 2.75) is 64.5 Å². The number of aliphatic carboxylic acids is 1. The molecular formula is C29H41N2O4+. The molecule has 0 aromatic heterocycles. The lowest BCUT2D eigenvalue weighted by Crippen LogP contribution is -2.63. The van der Waals surface area contributed by atoms with Crippen molar-refractivity contribution in [3.8, 4) is 0 Å². The molecule has 0 spiro atoms. The molecule has 2 aromatic rings. The Morgan fingerprint density at radius 1 is 1.06 bits per heavy atom. The van der Waals surface area contributed by atoms with Gasteiger partial charge in [0.15, 0.2) is 0 Å². The number of likely N-dealkylation sites (N-methyl/N-ethyl adjacent to an activating group) is 1. The number of ether oxygens (including phenoxy) is 1. The van der Waals surface area contributed by atoms with E-state index in [0.717, 1.165) is 55.4 Å². The van der Waals surface area contributed by atoms with Crippen molar-refractivity contribution in [2.24, 2.45) is 11.7 Å². The number of methoxy groups -OCH3 is 1. The van der Waals surface area contributed by atoms with Gasteiger partial charge in [0.05, 0.1) is 25.6 Å². The van der Waals surface area contributed by atoms with E-state index in [-0.39, 0.29) is 18.1 Å². The van der Waals surface area contributed by atoms with Gasteiger partial charge in [-0.25, -0.2) is 0 Å². The van der Waals surface area contributed by atoms with Gasteiger partial charge in [0.2, 0.25) is 5.91 Å². The third kappa shape index (κ3) is 6.50. The third-order valence-corrected chi connectivity index (χ3v) is 8.17. The maximum Gasteiger partial charge on any atom is 0.306 e. The smallest absolute Gasteiger partial charge is 0.306 e. The summed E-state index contributed by atoms with van der Waals surface area (Å²) in [5.74, 6) is -1.47. The second-order valence-corrected chi connectivity index (χ2v) is 9.87. The van der Waals surface area contributed by atoms with Gasteiger partial charge in [0.25, 0.3) is 0 Å². The Bertz CT molecular complexity index is 987. The van der Waals surface area contributed by atoms with E-state index >= 15 is 0 Å². The average Bonchev–Trinajstić information content (AvgIpc) is 2.87. The molecule has 0 radical (unpaired) electrons. The molecule has 2 aromatic carbocycles. The Hall–Kier alpha value is -2.70. The molecule has 3 atom stereocenters. The quantitative estimate of drug-likeness (QED) is 0.419. The number of primary amides is 1. The average molecular weight is 482 g/mol. The Kier molecular flexibility index (Phi) is 9.47. The minimum atomic E-state index is -0.702. The van der Waals surface area contributed by atoms with Gasteiger partial charge in [-0.15, -0.1) is 0 Å². The van der Waals surface area contributed by atoms with Crippen LogP contribution < -0.4 is 5.73 Å². The van der Waals surface area contributed by atoms with Gasteiger partial charge in [-0.2, -0.15) is 0 Å². The van der Waals surface area contributed by atoms with Gasteiger partial charge in [-0.1, -0.05) is 36.4 Å². The number of quaternary nitrogens is 1. The predicted molar refractivity (Wildman–Crippen MR) is 138 cm³/mol. The second kappa shape index (κ2) is 12.3. The lowest BCUT2D eigenvalue weighted by molar-refractivity contribution is -0.952. The Morgan fingerprint density at radius 3 is 2.37 bits per heavy atom. The molecule has 3 N–H and O–H groups in total. The summed E-state index contributed by atoms with van der Waals surface area (Å²) < 4.78 is 6.80. The summed E-state index contributed by atoms with van der Waals surface area (Å²) >= 11 is 0. The summed E-state index contributed by atoms with van der Waals surface area (Å²) in [5, 5.41) is 9.96. The van der Waals surface area contributed by atoms with Gasteiger partial charge < -0.3 is 20.1 Å². The molecule has 0 unspecified atom stereocenters. The SMILES string of the molecule is CC[N+](CC)(CC[C@H](CCCc1ccccc1)C(=O)O)[C@H]1Cc2cc(C(N)=O)ccc2C[C@@H]1OC. The lowest BCUT2D eigenvalue weighted by Gasteiger charge is -2.49. The summed E-state index contributed by atoms with van der Waals surface area (Å²) in [7, 11) is 1.77. The van der Waals surface area contributed by atoms with E-state index in [2.05, 4.69) is 26.0 Å². The molecule has 0 bridgehead atoms. The highest BCUT2D eigenvalue weighted by Crippen LogP contribution is 2.33. The van der Waals surface area contributed by atoms with Crippen molar-refractivity contribution in [2.75, 3.05) is 26.7 Å². The molecule has 0 saturated carbocycles. The Morgan fingerprint density at radius 2 is 1.77 bits per heavy atom.